The van der Waals surface area contributed by atoms with Gasteiger partial charge in [0.15, 0.2) is 0 Å². The second kappa shape index (κ2) is 6.52. The van der Waals surface area contributed by atoms with Gasteiger partial charge in [-0.25, -0.2) is 4.39 Å². The standard InChI is InChI=1S/C14H18ClFN2O2/c1-10(19)18-5-4-17(8-13(20)9-18)7-11-2-3-12(15)6-14(11)16/h2-3,6,13,20H,4-5,7-9H2,1H3/t13-/m1/s1. The number of carbonyl (C=O) groups is 1. The first kappa shape index (κ1) is 15.2. The van der Waals surface area contributed by atoms with Gasteiger partial charge >= 0.3 is 0 Å². The van der Waals surface area contributed by atoms with Gasteiger partial charge in [-0.05, 0) is 12.1 Å². The summed E-state index contributed by atoms with van der Waals surface area (Å²) in [7, 11) is 0. The molecule has 4 nitrogen and oxygen atoms in total. The zero-order valence-corrected chi connectivity index (χ0v) is 12.1. The van der Waals surface area contributed by atoms with Gasteiger partial charge in [-0.15, -0.1) is 0 Å². The second-order valence-electron chi connectivity index (χ2n) is 5.09. The highest BCUT2D eigenvalue weighted by Gasteiger charge is 2.23. The molecule has 1 heterocycles. The van der Waals surface area contributed by atoms with Gasteiger partial charge in [0.05, 0.1) is 6.10 Å². The summed E-state index contributed by atoms with van der Waals surface area (Å²) in [6, 6.07) is 4.58. The van der Waals surface area contributed by atoms with Crippen molar-refractivity contribution in [2.24, 2.45) is 0 Å². The van der Waals surface area contributed by atoms with Crippen LogP contribution < -0.4 is 0 Å². The van der Waals surface area contributed by atoms with Crippen LogP contribution in [0.1, 0.15) is 12.5 Å². The van der Waals surface area contributed by atoms with Crippen molar-refractivity contribution in [2.75, 3.05) is 26.2 Å². The third-order valence-electron chi connectivity index (χ3n) is 3.44. The number of hydrogen-bond donors (Lipinski definition) is 1. The number of rotatable bonds is 2. The number of aliphatic hydroxyl groups is 1. The SMILES string of the molecule is CC(=O)N1CCN(Cc2ccc(Cl)cc2F)C[C@@H](O)C1. The highest BCUT2D eigenvalue weighted by Crippen LogP contribution is 2.17. The van der Waals surface area contributed by atoms with Crippen molar-refractivity contribution in [2.45, 2.75) is 19.6 Å². The highest BCUT2D eigenvalue weighted by atomic mass is 35.5. The van der Waals surface area contributed by atoms with E-state index < -0.39 is 6.10 Å². The van der Waals surface area contributed by atoms with E-state index in [0.29, 0.717) is 43.3 Å². The average Bonchev–Trinajstić information content (AvgIpc) is 2.54. The van der Waals surface area contributed by atoms with Gasteiger partial charge in [0.2, 0.25) is 5.91 Å². The van der Waals surface area contributed by atoms with Crippen molar-refractivity contribution in [3.63, 3.8) is 0 Å². The Balaban J connectivity index is 2.04. The lowest BCUT2D eigenvalue weighted by molar-refractivity contribution is -0.129. The fourth-order valence-electron chi connectivity index (χ4n) is 2.38. The number of amides is 1. The molecule has 0 aliphatic carbocycles. The van der Waals surface area contributed by atoms with E-state index in [0.717, 1.165) is 0 Å². The lowest BCUT2D eigenvalue weighted by Crippen LogP contribution is -2.36. The Bertz CT molecular complexity index is 498. The zero-order valence-electron chi connectivity index (χ0n) is 11.4. The molecule has 0 bridgehead atoms. The largest absolute Gasteiger partial charge is 0.390 e. The Morgan fingerprint density at radius 3 is 2.85 bits per heavy atom. The fraction of sp³-hybridized carbons (Fsp3) is 0.500. The number of halogens is 2. The third kappa shape index (κ3) is 3.91. The quantitative estimate of drug-likeness (QED) is 0.900. The van der Waals surface area contributed by atoms with Crippen LogP contribution in [0.4, 0.5) is 4.39 Å². The van der Waals surface area contributed by atoms with Crippen LogP contribution in [0.5, 0.6) is 0 Å². The molecule has 1 N–H and O–H groups in total. The van der Waals surface area contributed by atoms with Crippen LogP contribution in [0.25, 0.3) is 0 Å². The maximum atomic E-state index is 13.8. The fourth-order valence-corrected chi connectivity index (χ4v) is 2.53. The summed E-state index contributed by atoms with van der Waals surface area (Å²) in [5.74, 6) is -0.400. The summed E-state index contributed by atoms with van der Waals surface area (Å²) in [4.78, 5) is 14.9. The van der Waals surface area contributed by atoms with Crippen LogP contribution in [0.15, 0.2) is 18.2 Å². The summed E-state index contributed by atoms with van der Waals surface area (Å²) in [6.45, 7) is 3.79. The molecule has 1 aliphatic rings. The molecule has 0 radical (unpaired) electrons. The van der Waals surface area contributed by atoms with Crippen molar-refractivity contribution in [3.05, 3.63) is 34.6 Å². The van der Waals surface area contributed by atoms with Gasteiger partial charge in [-0.2, -0.15) is 0 Å². The Morgan fingerprint density at radius 2 is 2.20 bits per heavy atom. The Morgan fingerprint density at radius 1 is 1.45 bits per heavy atom. The minimum absolute atomic E-state index is 0.0522. The smallest absolute Gasteiger partial charge is 0.219 e. The molecule has 1 aromatic rings. The molecule has 1 aromatic carbocycles. The van der Waals surface area contributed by atoms with Crippen molar-refractivity contribution >= 4 is 17.5 Å². The molecule has 6 heteroatoms. The molecule has 110 valence electrons. The van der Waals surface area contributed by atoms with Crippen LogP contribution in [0.2, 0.25) is 5.02 Å². The number of benzene rings is 1. The van der Waals surface area contributed by atoms with Gasteiger partial charge < -0.3 is 10.0 Å². The molecule has 1 atom stereocenters. The second-order valence-corrected chi connectivity index (χ2v) is 5.53. The van der Waals surface area contributed by atoms with Crippen molar-refractivity contribution in [1.29, 1.82) is 0 Å². The minimum Gasteiger partial charge on any atom is -0.390 e. The topological polar surface area (TPSA) is 43.8 Å². The van der Waals surface area contributed by atoms with Crippen LogP contribution in [-0.4, -0.2) is 53.1 Å². The van der Waals surface area contributed by atoms with E-state index in [1.807, 2.05) is 4.90 Å². The molecule has 1 saturated heterocycles. The van der Waals surface area contributed by atoms with Crippen molar-refractivity contribution in [3.8, 4) is 0 Å². The summed E-state index contributed by atoms with van der Waals surface area (Å²) in [5.41, 5.74) is 0.540. The maximum absolute atomic E-state index is 13.8. The monoisotopic (exact) mass is 300 g/mol. The maximum Gasteiger partial charge on any atom is 0.219 e. The van der Waals surface area contributed by atoms with E-state index in [1.54, 1.807) is 17.0 Å². The average molecular weight is 301 g/mol. The summed E-state index contributed by atoms with van der Waals surface area (Å²) in [5, 5.41) is 10.3. The van der Waals surface area contributed by atoms with Crippen LogP contribution in [-0.2, 0) is 11.3 Å². The molecule has 1 amide bonds. The molecule has 0 saturated carbocycles. The predicted molar refractivity (Wildman–Crippen MR) is 74.9 cm³/mol. The minimum atomic E-state index is -0.614. The van der Waals surface area contributed by atoms with Gasteiger partial charge in [-0.1, -0.05) is 17.7 Å². The van der Waals surface area contributed by atoms with Gasteiger partial charge in [-0.3, -0.25) is 9.69 Å². The predicted octanol–water partition coefficient (Wildman–Crippen LogP) is 1.50. The van der Waals surface area contributed by atoms with E-state index in [2.05, 4.69) is 0 Å². The lowest BCUT2D eigenvalue weighted by Gasteiger charge is -2.21. The van der Waals surface area contributed by atoms with E-state index in [9.17, 15) is 14.3 Å². The summed E-state index contributed by atoms with van der Waals surface area (Å²) in [6.07, 6.45) is -0.614. The molecule has 0 spiro atoms. The van der Waals surface area contributed by atoms with Crippen molar-refractivity contribution < 1.29 is 14.3 Å². The zero-order chi connectivity index (χ0) is 14.7. The normalized spacial score (nSPS) is 20.8. The summed E-state index contributed by atoms with van der Waals surface area (Å²) >= 11 is 5.73. The molecule has 20 heavy (non-hydrogen) atoms. The molecule has 0 aromatic heterocycles. The van der Waals surface area contributed by atoms with Crippen molar-refractivity contribution in [1.82, 2.24) is 9.80 Å². The molecule has 0 unspecified atom stereocenters. The number of carbonyl (C=O) groups excluding carboxylic acids is 1. The summed E-state index contributed by atoms with van der Waals surface area (Å²) < 4.78 is 13.8. The number of hydrogen-bond acceptors (Lipinski definition) is 3. The first-order chi connectivity index (χ1) is 9.45. The Labute approximate surface area is 122 Å². The number of aliphatic hydroxyl groups excluding tert-OH is 1. The molecule has 1 fully saturated rings. The van der Waals surface area contributed by atoms with Gasteiger partial charge in [0.25, 0.3) is 0 Å². The Hall–Kier alpha value is -1.17. The van der Waals surface area contributed by atoms with Crippen LogP contribution >= 0.6 is 11.6 Å². The molecule has 1 aliphatic heterocycles. The van der Waals surface area contributed by atoms with E-state index >= 15 is 0 Å². The lowest BCUT2D eigenvalue weighted by atomic mass is 10.2. The number of nitrogens with zero attached hydrogens (tertiary/aromatic N) is 2. The highest BCUT2D eigenvalue weighted by molar-refractivity contribution is 6.30. The molecular weight excluding hydrogens is 283 g/mol. The van der Waals surface area contributed by atoms with E-state index in [1.165, 1.54) is 13.0 Å². The third-order valence-corrected chi connectivity index (χ3v) is 3.68. The van der Waals surface area contributed by atoms with Crippen LogP contribution in [0, 0.1) is 5.82 Å². The van der Waals surface area contributed by atoms with Crippen LogP contribution in [0.3, 0.4) is 0 Å². The molecular formula is C14H18ClFN2O2. The molecule has 2 rings (SSSR count). The Kier molecular flexibility index (Phi) is 4.96. The van der Waals surface area contributed by atoms with E-state index in [4.69, 9.17) is 11.6 Å². The van der Waals surface area contributed by atoms with Gasteiger partial charge in [0, 0.05) is 50.2 Å². The number of β-amino-alcohol motifs (C(OH)–C–C–N with tert-alkyl or cyclic N) is 1. The van der Waals surface area contributed by atoms with Gasteiger partial charge in [0.1, 0.15) is 5.82 Å². The first-order valence-corrected chi connectivity index (χ1v) is 6.93. The van der Waals surface area contributed by atoms with E-state index in [-0.39, 0.29) is 11.7 Å². The first-order valence-electron chi connectivity index (χ1n) is 6.55.